The van der Waals surface area contributed by atoms with Crippen molar-refractivity contribution in [1.29, 1.82) is 0 Å². The van der Waals surface area contributed by atoms with Crippen molar-refractivity contribution < 1.29 is 33.4 Å². The van der Waals surface area contributed by atoms with Crippen LogP contribution in [0.25, 0.3) is 0 Å². The maximum absolute atomic E-state index is 11.6. The van der Waals surface area contributed by atoms with Gasteiger partial charge >= 0.3 is 6.16 Å². The molecule has 1 aliphatic carbocycles. The zero-order valence-electron chi connectivity index (χ0n) is 12.6. The molecule has 0 radical (unpaired) electrons. The molecule has 0 aromatic rings. The Labute approximate surface area is 133 Å². The van der Waals surface area contributed by atoms with Crippen LogP contribution in [0.4, 0.5) is 4.79 Å². The number of carbonyl (C=O) groups is 3. The number of carbonyl (C=O) groups excluding carboxylic acids is 3. The number of hydrogen-bond acceptors (Lipinski definition) is 7. The van der Waals surface area contributed by atoms with E-state index in [1.165, 1.54) is 0 Å². The summed E-state index contributed by atoms with van der Waals surface area (Å²) in [5, 5.41) is 0.443. The van der Waals surface area contributed by atoms with E-state index in [-0.39, 0.29) is 31.7 Å². The molecule has 23 heavy (non-hydrogen) atoms. The van der Waals surface area contributed by atoms with E-state index in [0.29, 0.717) is 5.06 Å². The summed E-state index contributed by atoms with van der Waals surface area (Å²) in [4.78, 5) is 38.8. The van der Waals surface area contributed by atoms with Crippen molar-refractivity contribution in [2.75, 3.05) is 6.61 Å². The standard InChI is InChI=1S/C15H19NO7/c17-12-7-8-13(18)16(12)23-15(19)20-9-14-21-10-5-3-1-2-4-6-11(10)22-14/h1-2,10-11,14H,3-9H2/b2-1+/t10-,11+,14?. The predicted octanol–water partition coefficient (Wildman–Crippen LogP) is 1.44. The molecule has 0 N–H and O–H groups in total. The zero-order chi connectivity index (χ0) is 16.2. The van der Waals surface area contributed by atoms with E-state index in [4.69, 9.17) is 14.2 Å². The number of fused-ring (bicyclic) bond motifs is 1. The maximum atomic E-state index is 11.6. The Morgan fingerprint density at radius 2 is 1.65 bits per heavy atom. The number of hydrogen-bond donors (Lipinski definition) is 0. The molecule has 3 aliphatic rings. The Hall–Kier alpha value is -1.93. The summed E-state index contributed by atoms with van der Waals surface area (Å²) in [6.07, 6.45) is 6.13. The first-order valence-electron chi connectivity index (χ1n) is 7.80. The molecule has 126 valence electrons. The van der Waals surface area contributed by atoms with Crippen molar-refractivity contribution >= 4 is 18.0 Å². The molecule has 2 fully saturated rings. The van der Waals surface area contributed by atoms with Gasteiger partial charge in [-0.2, -0.15) is 0 Å². The van der Waals surface area contributed by atoms with Gasteiger partial charge in [0.15, 0.2) is 6.29 Å². The Morgan fingerprint density at radius 1 is 1.09 bits per heavy atom. The number of rotatable bonds is 3. The minimum Gasteiger partial charge on any atom is -0.427 e. The first kappa shape index (κ1) is 15.9. The molecule has 0 aromatic carbocycles. The molecule has 0 saturated carbocycles. The highest BCUT2D eigenvalue weighted by atomic mass is 16.8. The van der Waals surface area contributed by atoms with Crippen molar-refractivity contribution in [2.24, 2.45) is 0 Å². The quantitative estimate of drug-likeness (QED) is 0.440. The molecule has 3 atom stereocenters. The van der Waals surface area contributed by atoms with Crippen molar-refractivity contribution in [1.82, 2.24) is 5.06 Å². The summed E-state index contributed by atoms with van der Waals surface area (Å²) in [6.45, 7) is -0.143. The Morgan fingerprint density at radius 3 is 2.22 bits per heavy atom. The first-order chi connectivity index (χ1) is 11.1. The number of hydroxylamine groups is 2. The predicted molar refractivity (Wildman–Crippen MR) is 74.7 cm³/mol. The number of nitrogens with zero attached hydrogens (tertiary/aromatic N) is 1. The number of allylic oxidation sites excluding steroid dienone is 2. The normalized spacial score (nSPS) is 32.2. The number of amides is 2. The molecule has 3 rings (SSSR count). The largest absolute Gasteiger partial charge is 0.534 e. The number of imide groups is 1. The molecule has 2 amide bonds. The van der Waals surface area contributed by atoms with Crippen LogP contribution in [0.3, 0.4) is 0 Å². The van der Waals surface area contributed by atoms with Gasteiger partial charge in [0.1, 0.15) is 6.61 Å². The molecule has 8 nitrogen and oxygen atoms in total. The Kier molecular flexibility index (Phi) is 4.92. The molecule has 2 heterocycles. The average molecular weight is 325 g/mol. The fourth-order valence-electron chi connectivity index (χ4n) is 2.84. The van der Waals surface area contributed by atoms with Gasteiger partial charge < -0.3 is 14.2 Å². The third-order valence-electron chi connectivity index (χ3n) is 3.98. The van der Waals surface area contributed by atoms with Crippen LogP contribution >= 0.6 is 0 Å². The average Bonchev–Trinajstić information content (AvgIpc) is 3.03. The highest BCUT2D eigenvalue weighted by Gasteiger charge is 2.37. The van der Waals surface area contributed by atoms with Crippen molar-refractivity contribution in [2.45, 2.75) is 57.0 Å². The van der Waals surface area contributed by atoms with Crippen LogP contribution in [-0.2, 0) is 28.6 Å². The van der Waals surface area contributed by atoms with Crippen LogP contribution in [0.5, 0.6) is 0 Å². The van der Waals surface area contributed by atoms with Crippen LogP contribution in [0, 0.1) is 0 Å². The van der Waals surface area contributed by atoms with Crippen LogP contribution in [-0.4, -0.2) is 48.1 Å². The van der Waals surface area contributed by atoms with Gasteiger partial charge in [0.25, 0.3) is 11.8 Å². The molecular formula is C15H19NO7. The van der Waals surface area contributed by atoms with Crippen LogP contribution in [0.1, 0.15) is 38.5 Å². The van der Waals surface area contributed by atoms with E-state index >= 15 is 0 Å². The molecular weight excluding hydrogens is 306 g/mol. The van der Waals surface area contributed by atoms with Gasteiger partial charge in [-0.3, -0.25) is 14.4 Å². The summed E-state index contributed by atoms with van der Waals surface area (Å²) >= 11 is 0. The fraction of sp³-hybridized carbons (Fsp3) is 0.667. The Balaban J connectivity index is 1.43. The highest BCUT2D eigenvalue weighted by molar-refractivity contribution is 6.01. The second-order valence-electron chi connectivity index (χ2n) is 5.64. The highest BCUT2D eigenvalue weighted by Crippen LogP contribution is 2.28. The lowest BCUT2D eigenvalue weighted by molar-refractivity contribution is -0.180. The minimum atomic E-state index is -1.12. The molecule has 2 saturated heterocycles. The van der Waals surface area contributed by atoms with Crippen LogP contribution < -0.4 is 0 Å². The lowest BCUT2D eigenvalue weighted by Gasteiger charge is -2.16. The van der Waals surface area contributed by atoms with Crippen molar-refractivity contribution in [3.63, 3.8) is 0 Å². The van der Waals surface area contributed by atoms with Gasteiger partial charge in [-0.05, 0) is 25.7 Å². The smallest absolute Gasteiger partial charge is 0.427 e. The molecule has 0 bridgehead atoms. The monoisotopic (exact) mass is 325 g/mol. The summed E-state index contributed by atoms with van der Waals surface area (Å²) in [5.41, 5.74) is 0. The van der Waals surface area contributed by atoms with Crippen LogP contribution in [0.15, 0.2) is 12.2 Å². The topological polar surface area (TPSA) is 91.4 Å². The summed E-state index contributed by atoms with van der Waals surface area (Å²) < 4.78 is 16.3. The SMILES string of the molecule is O=C(OCC1O[C@H]2CC/C=C/CC[C@H]2O1)ON1C(=O)CCC1=O. The second-order valence-corrected chi connectivity index (χ2v) is 5.64. The van der Waals surface area contributed by atoms with E-state index in [2.05, 4.69) is 17.0 Å². The first-order valence-corrected chi connectivity index (χ1v) is 7.80. The lowest BCUT2D eigenvalue weighted by atomic mass is 10.0. The summed E-state index contributed by atoms with van der Waals surface area (Å²) in [7, 11) is 0. The molecule has 0 spiro atoms. The van der Waals surface area contributed by atoms with Gasteiger partial charge in [0.2, 0.25) is 0 Å². The lowest BCUT2D eigenvalue weighted by Crippen LogP contribution is -2.33. The molecule has 2 aliphatic heterocycles. The minimum absolute atomic E-state index is 0.00805. The van der Waals surface area contributed by atoms with Crippen molar-refractivity contribution in [3.8, 4) is 0 Å². The van der Waals surface area contributed by atoms with E-state index < -0.39 is 24.3 Å². The third kappa shape index (κ3) is 3.89. The molecule has 0 aromatic heterocycles. The van der Waals surface area contributed by atoms with E-state index in [9.17, 15) is 14.4 Å². The molecule has 8 heteroatoms. The van der Waals surface area contributed by atoms with Gasteiger partial charge in [0, 0.05) is 12.8 Å². The van der Waals surface area contributed by atoms with Crippen molar-refractivity contribution in [3.05, 3.63) is 12.2 Å². The number of ether oxygens (including phenoxy) is 3. The van der Waals surface area contributed by atoms with Gasteiger partial charge in [-0.15, -0.1) is 0 Å². The third-order valence-corrected chi connectivity index (χ3v) is 3.98. The zero-order valence-corrected chi connectivity index (χ0v) is 12.6. The van der Waals surface area contributed by atoms with E-state index in [0.717, 1.165) is 25.7 Å². The summed E-state index contributed by atoms with van der Waals surface area (Å²) in [5.74, 6) is -1.10. The maximum Gasteiger partial charge on any atom is 0.534 e. The van der Waals surface area contributed by atoms with E-state index in [1.54, 1.807) is 0 Å². The molecule has 1 unspecified atom stereocenters. The van der Waals surface area contributed by atoms with Gasteiger partial charge in [-0.25, -0.2) is 4.79 Å². The van der Waals surface area contributed by atoms with Gasteiger partial charge in [0.05, 0.1) is 12.2 Å². The van der Waals surface area contributed by atoms with E-state index in [1.807, 2.05) is 0 Å². The summed E-state index contributed by atoms with van der Waals surface area (Å²) in [6, 6.07) is 0. The fourth-order valence-corrected chi connectivity index (χ4v) is 2.84. The Bertz CT molecular complexity index is 484. The van der Waals surface area contributed by atoms with Crippen LogP contribution in [0.2, 0.25) is 0 Å². The van der Waals surface area contributed by atoms with Gasteiger partial charge in [-0.1, -0.05) is 17.2 Å². The second kappa shape index (κ2) is 7.10.